The van der Waals surface area contributed by atoms with E-state index in [9.17, 15) is 4.79 Å². The standard InChI is InChI=1S/C30H23ClIN7O2/c31-20-6-9-25(39-17-33-36-37-39)23(14-20)19-10-11-38(28(40)13-19)26(12-18-4-2-1-3-5-18)30-34-24-16-41-27-15-21(32)7-8-22(27)29(24)35-30/h1-11,13-15,17,24,26,29H,12,16H2,(H,34,35). The molecule has 2 aliphatic rings. The van der Waals surface area contributed by atoms with Crippen LogP contribution in [0.4, 0.5) is 0 Å². The second kappa shape index (κ2) is 10.7. The number of hydrogen-bond acceptors (Lipinski definition) is 7. The molecule has 5 aromatic rings. The molecule has 0 saturated heterocycles. The van der Waals surface area contributed by atoms with Crippen molar-refractivity contribution in [3.63, 3.8) is 0 Å². The zero-order valence-corrected chi connectivity index (χ0v) is 24.5. The molecule has 41 heavy (non-hydrogen) atoms. The zero-order valence-electron chi connectivity index (χ0n) is 21.6. The maximum Gasteiger partial charge on any atom is 0.251 e. The Morgan fingerprint density at radius 1 is 1.07 bits per heavy atom. The van der Waals surface area contributed by atoms with Crippen molar-refractivity contribution < 1.29 is 4.74 Å². The van der Waals surface area contributed by atoms with E-state index >= 15 is 0 Å². The van der Waals surface area contributed by atoms with E-state index in [1.54, 1.807) is 21.4 Å². The van der Waals surface area contributed by atoms with Crippen LogP contribution in [0.25, 0.3) is 16.8 Å². The van der Waals surface area contributed by atoms with Gasteiger partial charge in [-0.15, -0.1) is 5.10 Å². The molecular weight excluding hydrogens is 653 g/mol. The Balaban J connectivity index is 1.29. The van der Waals surface area contributed by atoms with Crippen LogP contribution in [0.2, 0.25) is 5.02 Å². The van der Waals surface area contributed by atoms with Gasteiger partial charge >= 0.3 is 0 Å². The van der Waals surface area contributed by atoms with Gasteiger partial charge in [0, 0.05) is 38.4 Å². The molecule has 4 heterocycles. The van der Waals surface area contributed by atoms with Gasteiger partial charge in [-0.3, -0.25) is 9.79 Å². The lowest BCUT2D eigenvalue weighted by atomic mass is 9.98. The monoisotopic (exact) mass is 675 g/mol. The number of hydrogen-bond donors (Lipinski definition) is 1. The molecule has 3 aromatic carbocycles. The summed E-state index contributed by atoms with van der Waals surface area (Å²) in [5.74, 6) is 1.64. The van der Waals surface area contributed by atoms with Crippen LogP contribution >= 0.6 is 34.2 Å². The molecule has 0 bridgehead atoms. The minimum absolute atomic E-state index is 0.00359. The highest BCUT2D eigenvalue weighted by Crippen LogP contribution is 2.39. The smallest absolute Gasteiger partial charge is 0.251 e. The summed E-state index contributed by atoms with van der Waals surface area (Å²) in [7, 11) is 0. The Morgan fingerprint density at radius 3 is 2.76 bits per heavy atom. The van der Waals surface area contributed by atoms with Crippen LogP contribution in [0.15, 0.2) is 101 Å². The molecule has 2 aliphatic heterocycles. The fourth-order valence-electron chi connectivity index (χ4n) is 5.49. The molecule has 3 atom stereocenters. The van der Waals surface area contributed by atoms with Crippen molar-refractivity contribution >= 4 is 40.0 Å². The van der Waals surface area contributed by atoms with Gasteiger partial charge in [0.25, 0.3) is 5.56 Å². The van der Waals surface area contributed by atoms with Crippen molar-refractivity contribution in [3.8, 4) is 22.6 Å². The minimum atomic E-state index is -0.338. The first-order valence-electron chi connectivity index (χ1n) is 13.1. The second-order valence-electron chi connectivity index (χ2n) is 9.99. The average Bonchev–Trinajstić information content (AvgIpc) is 3.67. The first kappa shape index (κ1) is 25.9. The lowest BCUT2D eigenvalue weighted by Gasteiger charge is -2.27. The maximum atomic E-state index is 13.8. The number of benzene rings is 3. The molecule has 0 radical (unpaired) electrons. The van der Waals surface area contributed by atoms with Gasteiger partial charge in [-0.05, 0) is 80.5 Å². The summed E-state index contributed by atoms with van der Waals surface area (Å²) in [4.78, 5) is 19.0. The molecule has 11 heteroatoms. The van der Waals surface area contributed by atoms with Crippen molar-refractivity contribution in [2.45, 2.75) is 24.5 Å². The third-order valence-corrected chi connectivity index (χ3v) is 8.35. The fraction of sp³-hybridized carbons (Fsp3) is 0.167. The summed E-state index contributed by atoms with van der Waals surface area (Å²) < 4.78 is 10.5. The lowest BCUT2D eigenvalue weighted by molar-refractivity contribution is 0.238. The van der Waals surface area contributed by atoms with Crippen molar-refractivity contribution in [1.82, 2.24) is 30.1 Å². The molecule has 1 N–H and O–H groups in total. The Kier molecular flexibility index (Phi) is 6.79. The molecule has 9 nitrogen and oxygen atoms in total. The normalized spacial score (nSPS) is 18.0. The lowest BCUT2D eigenvalue weighted by Crippen LogP contribution is -2.43. The van der Waals surface area contributed by atoms with E-state index in [0.29, 0.717) is 23.6 Å². The molecule has 0 amide bonds. The van der Waals surface area contributed by atoms with E-state index in [0.717, 1.165) is 37.5 Å². The predicted molar refractivity (Wildman–Crippen MR) is 165 cm³/mol. The molecule has 3 unspecified atom stereocenters. The number of fused-ring (bicyclic) bond motifs is 3. The summed E-state index contributed by atoms with van der Waals surface area (Å²) in [6, 6.07) is 24.9. The van der Waals surface area contributed by atoms with Crippen LogP contribution in [0.3, 0.4) is 0 Å². The van der Waals surface area contributed by atoms with Gasteiger partial charge in [-0.25, -0.2) is 0 Å². The van der Waals surface area contributed by atoms with Gasteiger partial charge in [0.15, 0.2) is 0 Å². The number of pyridine rings is 1. The van der Waals surface area contributed by atoms with Crippen molar-refractivity contribution in [3.05, 3.63) is 121 Å². The maximum absolute atomic E-state index is 13.8. The van der Waals surface area contributed by atoms with E-state index in [1.807, 2.05) is 48.7 Å². The van der Waals surface area contributed by atoms with Gasteiger partial charge in [-0.2, -0.15) is 4.68 Å². The van der Waals surface area contributed by atoms with E-state index < -0.39 is 0 Å². The van der Waals surface area contributed by atoms with Gasteiger partial charge in [0.1, 0.15) is 30.6 Å². The first-order chi connectivity index (χ1) is 20.0. The summed E-state index contributed by atoms with van der Waals surface area (Å²) in [6.07, 6.45) is 3.93. The van der Waals surface area contributed by atoms with Crippen molar-refractivity contribution in [1.29, 1.82) is 0 Å². The minimum Gasteiger partial charge on any atom is -0.491 e. The number of rotatable bonds is 6. The third kappa shape index (κ3) is 5.02. The topological polar surface area (TPSA) is 99.2 Å². The van der Waals surface area contributed by atoms with E-state index in [4.69, 9.17) is 21.3 Å². The molecule has 0 spiro atoms. The summed E-state index contributed by atoms with van der Waals surface area (Å²) in [5.41, 5.74) is 4.19. The van der Waals surface area contributed by atoms with Crippen LogP contribution in [0, 0.1) is 3.57 Å². The summed E-state index contributed by atoms with van der Waals surface area (Å²) >= 11 is 8.64. The van der Waals surface area contributed by atoms with Gasteiger partial charge in [0.2, 0.25) is 0 Å². The van der Waals surface area contributed by atoms with Crippen molar-refractivity contribution in [2.24, 2.45) is 4.99 Å². The molecule has 204 valence electrons. The highest BCUT2D eigenvalue weighted by molar-refractivity contribution is 14.1. The largest absolute Gasteiger partial charge is 0.491 e. The molecular formula is C30H23ClIN7O2. The van der Waals surface area contributed by atoms with Crippen LogP contribution < -0.4 is 15.6 Å². The number of nitrogens with one attached hydrogen (secondary N) is 1. The van der Waals surface area contributed by atoms with Crippen molar-refractivity contribution in [2.75, 3.05) is 6.61 Å². The quantitative estimate of drug-likeness (QED) is 0.254. The number of halogens is 2. The first-order valence-corrected chi connectivity index (χ1v) is 14.5. The molecule has 2 aromatic heterocycles. The van der Waals surface area contributed by atoms with Crippen LogP contribution in [0.1, 0.15) is 23.2 Å². The summed E-state index contributed by atoms with van der Waals surface area (Å²) in [5, 5.41) is 15.7. The van der Waals surface area contributed by atoms with Crippen LogP contribution in [0.5, 0.6) is 5.75 Å². The van der Waals surface area contributed by atoms with Crippen LogP contribution in [-0.4, -0.2) is 43.3 Å². The Morgan fingerprint density at radius 2 is 1.95 bits per heavy atom. The zero-order chi connectivity index (χ0) is 27.9. The molecule has 0 fully saturated rings. The predicted octanol–water partition coefficient (Wildman–Crippen LogP) is 5.04. The SMILES string of the molecule is O=c1cc(-c2cc(Cl)ccc2-n2cnnn2)ccn1C(Cc1ccccc1)C1=NC2c3ccc(I)cc3OCC2N1. The Bertz CT molecular complexity index is 1820. The molecule has 7 rings (SSSR count). The van der Waals surface area contributed by atoms with E-state index in [1.165, 1.54) is 6.33 Å². The van der Waals surface area contributed by atoms with Gasteiger partial charge in [0.05, 0.1) is 17.8 Å². The highest BCUT2D eigenvalue weighted by atomic mass is 127. The van der Waals surface area contributed by atoms with E-state index in [-0.39, 0.29) is 23.7 Å². The second-order valence-corrected chi connectivity index (χ2v) is 11.7. The van der Waals surface area contributed by atoms with Gasteiger partial charge < -0.3 is 14.6 Å². The Labute approximate surface area is 254 Å². The number of tetrazole rings is 1. The third-order valence-electron chi connectivity index (χ3n) is 7.44. The van der Waals surface area contributed by atoms with Gasteiger partial charge in [-0.1, -0.05) is 48.0 Å². The van der Waals surface area contributed by atoms with Crippen LogP contribution in [-0.2, 0) is 6.42 Å². The number of nitrogens with zero attached hydrogens (tertiary/aromatic N) is 6. The molecule has 0 saturated carbocycles. The average molecular weight is 676 g/mol. The summed E-state index contributed by atoms with van der Waals surface area (Å²) in [6.45, 7) is 0.505. The van der Waals surface area contributed by atoms with E-state index in [2.05, 4.69) is 67.7 Å². The molecule has 0 aliphatic carbocycles. The fourth-order valence-corrected chi connectivity index (χ4v) is 6.13. The number of aromatic nitrogens is 5. The highest BCUT2D eigenvalue weighted by Gasteiger charge is 2.38. The Hall–Kier alpha value is -4.03. The number of aliphatic imine (C=N–C) groups is 1. The number of amidine groups is 1. The number of ether oxygens (including phenoxy) is 1.